The molecule has 3 fully saturated rings. The lowest BCUT2D eigenvalue weighted by atomic mass is 9.91. The number of likely N-dealkylation sites (tertiary alicyclic amines) is 1. The van der Waals surface area contributed by atoms with Gasteiger partial charge >= 0.3 is 0 Å². The monoisotopic (exact) mass is 461 g/mol. The molecule has 2 heterocycles. The van der Waals surface area contributed by atoms with E-state index in [1.807, 2.05) is 6.07 Å². The van der Waals surface area contributed by atoms with Crippen LogP contribution >= 0.6 is 0 Å². The second-order valence-corrected chi connectivity index (χ2v) is 10.1. The Labute approximate surface area is 201 Å². The van der Waals surface area contributed by atoms with E-state index < -0.39 is 6.04 Å². The SMILES string of the molecule is NC1CCC(NC(=O)C2CC(N(Cc3ccccc3)C3CC3)CN2C(=O)c2cccnc2)CC1. The molecular weight excluding hydrogens is 426 g/mol. The Bertz CT molecular complexity index is 973. The third-order valence-corrected chi connectivity index (χ3v) is 7.56. The minimum Gasteiger partial charge on any atom is -0.352 e. The highest BCUT2D eigenvalue weighted by Gasteiger charge is 2.45. The molecule has 2 amide bonds. The van der Waals surface area contributed by atoms with E-state index in [0.29, 0.717) is 24.6 Å². The molecule has 1 saturated heterocycles. The van der Waals surface area contributed by atoms with Crippen molar-refractivity contribution < 1.29 is 9.59 Å². The molecule has 180 valence electrons. The van der Waals surface area contributed by atoms with Crippen LogP contribution in [0.4, 0.5) is 0 Å². The lowest BCUT2D eigenvalue weighted by molar-refractivity contribution is -0.125. The Kier molecular flexibility index (Phi) is 6.92. The van der Waals surface area contributed by atoms with Crippen molar-refractivity contribution in [1.82, 2.24) is 20.1 Å². The van der Waals surface area contributed by atoms with Gasteiger partial charge in [0.2, 0.25) is 5.91 Å². The lowest BCUT2D eigenvalue weighted by Gasteiger charge is -2.30. The van der Waals surface area contributed by atoms with Crippen molar-refractivity contribution in [2.45, 2.75) is 81.7 Å². The number of carbonyl (C=O) groups is 2. The number of benzene rings is 1. The first-order valence-corrected chi connectivity index (χ1v) is 12.6. The minimum absolute atomic E-state index is 0.0318. The van der Waals surface area contributed by atoms with Gasteiger partial charge in [-0.1, -0.05) is 30.3 Å². The molecule has 1 aromatic carbocycles. The van der Waals surface area contributed by atoms with Crippen molar-refractivity contribution in [3.05, 3.63) is 66.0 Å². The van der Waals surface area contributed by atoms with E-state index in [-0.39, 0.29) is 29.9 Å². The van der Waals surface area contributed by atoms with Crippen molar-refractivity contribution >= 4 is 11.8 Å². The van der Waals surface area contributed by atoms with Gasteiger partial charge in [0.25, 0.3) is 5.91 Å². The second kappa shape index (κ2) is 10.2. The summed E-state index contributed by atoms with van der Waals surface area (Å²) in [5, 5.41) is 3.25. The number of nitrogens with two attached hydrogens (primary N) is 1. The normalized spacial score (nSPS) is 27.1. The Morgan fingerprint density at radius 2 is 1.76 bits per heavy atom. The van der Waals surface area contributed by atoms with E-state index in [2.05, 4.69) is 39.5 Å². The first-order chi connectivity index (χ1) is 16.6. The number of rotatable bonds is 7. The fraction of sp³-hybridized carbons (Fsp3) is 0.519. The van der Waals surface area contributed by atoms with Gasteiger partial charge in [0.1, 0.15) is 6.04 Å². The Morgan fingerprint density at radius 1 is 1.00 bits per heavy atom. The molecule has 1 aromatic heterocycles. The average Bonchev–Trinajstić information content (AvgIpc) is 3.62. The van der Waals surface area contributed by atoms with Crippen LogP contribution in [0.3, 0.4) is 0 Å². The second-order valence-electron chi connectivity index (χ2n) is 10.1. The number of carbonyl (C=O) groups excluding carboxylic acids is 2. The third-order valence-electron chi connectivity index (χ3n) is 7.56. The number of aromatic nitrogens is 1. The van der Waals surface area contributed by atoms with Gasteiger partial charge in [0.15, 0.2) is 0 Å². The van der Waals surface area contributed by atoms with Crippen LogP contribution in [-0.2, 0) is 11.3 Å². The molecule has 2 atom stereocenters. The molecule has 2 unspecified atom stereocenters. The van der Waals surface area contributed by atoms with Crippen molar-refractivity contribution in [1.29, 1.82) is 0 Å². The molecule has 2 aliphatic carbocycles. The van der Waals surface area contributed by atoms with Gasteiger partial charge in [0, 0.05) is 49.7 Å². The zero-order valence-electron chi connectivity index (χ0n) is 19.7. The highest BCUT2D eigenvalue weighted by atomic mass is 16.2. The zero-order valence-corrected chi connectivity index (χ0v) is 19.7. The fourth-order valence-corrected chi connectivity index (χ4v) is 5.50. The lowest BCUT2D eigenvalue weighted by Crippen LogP contribution is -2.50. The number of amides is 2. The number of hydrogen-bond acceptors (Lipinski definition) is 5. The summed E-state index contributed by atoms with van der Waals surface area (Å²) in [5.74, 6) is -0.146. The van der Waals surface area contributed by atoms with Gasteiger partial charge in [-0.2, -0.15) is 0 Å². The molecule has 0 radical (unpaired) electrons. The summed E-state index contributed by atoms with van der Waals surface area (Å²) in [6, 6.07) is 14.6. The van der Waals surface area contributed by atoms with Crippen molar-refractivity contribution in [3.63, 3.8) is 0 Å². The molecule has 2 aromatic rings. The van der Waals surface area contributed by atoms with E-state index in [0.717, 1.165) is 32.2 Å². The van der Waals surface area contributed by atoms with E-state index >= 15 is 0 Å². The highest BCUT2D eigenvalue weighted by molar-refractivity contribution is 5.97. The Hall–Kier alpha value is -2.77. The molecule has 7 heteroatoms. The Morgan fingerprint density at radius 3 is 2.44 bits per heavy atom. The summed E-state index contributed by atoms with van der Waals surface area (Å²) >= 11 is 0. The van der Waals surface area contributed by atoms with Gasteiger partial charge in [-0.05, 0) is 62.6 Å². The number of hydrogen-bond donors (Lipinski definition) is 2. The molecule has 5 rings (SSSR count). The molecule has 0 bridgehead atoms. The molecule has 1 aliphatic heterocycles. The van der Waals surface area contributed by atoms with E-state index in [9.17, 15) is 9.59 Å². The predicted octanol–water partition coefficient (Wildman–Crippen LogP) is 2.72. The van der Waals surface area contributed by atoms with Gasteiger partial charge in [-0.25, -0.2) is 0 Å². The molecule has 34 heavy (non-hydrogen) atoms. The van der Waals surface area contributed by atoms with Crippen molar-refractivity contribution in [2.24, 2.45) is 5.73 Å². The van der Waals surface area contributed by atoms with Crippen LogP contribution in [0.1, 0.15) is 60.9 Å². The van der Waals surface area contributed by atoms with Crippen LogP contribution in [-0.4, -0.2) is 63.4 Å². The third kappa shape index (κ3) is 5.31. The molecule has 3 aliphatic rings. The smallest absolute Gasteiger partial charge is 0.256 e. The van der Waals surface area contributed by atoms with Crippen molar-refractivity contribution in [3.8, 4) is 0 Å². The Balaban J connectivity index is 1.35. The number of pyridine rings is 1. The number of nitrogens with one attached hydrogen (secondary N) is 1. The molecule has 3 N–H and O–H groups in total. The summed E-state index contributed by atoms with van der Waals surface area (Å²) in [6.07, 6.45) is 9.95. The summed E-state index contributed by atoms with van der Waals surface area (Å²) < 4.78 is 0. The summed E-state index contributed by atoms with van der Waals surface area (Å²) in [7, 11) is 0. The summed E-state index contributed by atoms with van der Waals surface area (Å²) in [6.45, 7) is 1.41. The van der Waals surface area contributed by atoms with E-state index in [1.165, 1.54) is 18.4 Å². The topological polar surface area (TPSA) is 91.6 Å². The van der Waals surface area contributed by atoms with Crippen LogP contribution in [0.15, 0.2) is 54.9 Å². The minimum atomic E-state index is -0.467. The van der Waals surface area contributed by atoms with E-state index in [1.54, 1.807) is 29.4 Å². The number of nitrogens with zero attached hydrogens (tertiary/aromatic N) is 3. The largest absolute Gasteiger partial charge is 0.352 e. The molecule has 7 nitrogen and oxygen atoms in total. The van der Waals surface area contributed by atoms with Crippen molar-refractivity contribution in [2.75, 3.05) is 6.54 Å². The van der Waals surface area contributed by atoms with Gasteiger partial charge in [-0.15, -0.1) is 0 Å². The predicted molar refractivity (Wildman–Crippen MR) is 131 cm³/mol. The van der Waals surface area contributed by atoms with Gasteiger partial charge in [-0.3, -0.25) is 19.5 Å². The standard InChI is InChI=1S/C27H35N5O2/c28-21-8-10-22(11-9-21)30-26(33)25-15-24(18-32(25)27(34)20-7-4-14-29-16-20)31(23-12-13-23)17-19-5-2-1-3-6-19/h1-7,14,16,21-25H,8-13,15,17-18,28H2,(H,30,33). The van der Waals surface area contributed by atoms with Crippen LogP contribution < -0.4 is 11.1 Å². The van der Waals surface area contributed by atoms with Crippen LogP contribution in [0.2, 0.25) is 0 Å². The highest BCUT2D eigenvalue weighted by Crippen LogP contribution is 2.35. The molecule has 2 saturated carbocycles. The van der Waals surface area contributed by atoms with Crippen LogP contribution in [0.5, 0.6) is 0 Å². The maximum Gasteiger partial charge on any atom is 0.256 e. The van der Waals surface area contributed by atoms with E-state index in [4.69, 9.17) is 5.73 Å². The van der Waals surface area contributed by atoms with Gasteiger partial charge < -0.3 is 16.0 Å². The fourth-order valence-electron chi connectivity index (χ4n) is 5.50. The quantitative estimate of drug-likeness (QED) is 0.662. The molecular formula is C27H35N5O2. The average molecular weight is 462 g/mol. The van der Waals surface area contributed by atoms with Crippen LogP contribution in [0, 0.1) is 0 Å². The first kappa shape index (κ1) is 23.0. The van der Waals surface area contributed by atoms with Gasteiger partial charge in [0.05, 0.1) is 5.56 Å². The zero-order chi connectivity index (χ0) is 23.5. The first-order valence-electron chi connectivity index (χ1n) is 12.6. The molecule has 0 spiro atoms. The maximum atomic E-state index is 13.5. The summed E-state index contributed by atoms with van der Waals surface area (Å²) in [4.78, 5) is 35.4. The summed E-state index contributed by atoms with van der Waals surface area (Å²) in [5.41, 5.74) is 7.85. The maximum absolute atomic E-state index is 13.5. The van der Waals surface area contributed by atoms with Crippen LogP contribution in [0.25, 0.3) is 0 Å².